The SMILES string of the molecule is Nc1cc(Br)nc(Nc2ccc(C(F)(F)F)cc2)n1. The van der Waals surface area contributed by atoms with E-state index >= 15 is 0 Å². The van der Waals surface area contributed by atoms with E-state index in [1.807, 2.05) is 0 Å². The average molecular weight is 333 g/mol. The van der Waals surface area contributed by atoms with Crippen LogP contribution in [-0.4, -0.2) is 9.97 Å². The number of hydrogen-bond donors (Lipinski definition) is 2. The summed E-state index contributed by atoms with van der Waals surface area (Å²) in [6, 6.07) is 6.05. The van der Waals surface area contributed by atoms with Gasteiger partial charge in [-0.25, -0.2) is 4.98 Å². The molecular weight excluding hydrogens is 325 g/mol. The van der Waals surface area contributed by atoms with Crippen molar-refractivity contribution in [2.45, 2.75) is 6.18 Å². The Bertz CT molecular complexity index is 563. The van der Waals surface area contributed by atoms with Crippen LogP contribution in [0.15, 0.2) is 34.9 Å². The number of benzene rings is 1. The summed E-state index contributed by atoms with van der Waals surface area (Å²) in [4.78, 5) is 7.90. The van der Waals surface area contributed by atoms with E-state index in [0.29, 0.717) is 10.3 Å². The molecule has 0 aliphatic carbocycles. The van der Waals surface area contributed by atoms with Crippen LogP contribution in [0.3, 0.4) is 0 Å². The quantitative estimate of drug-likeness (QED) is 0.825. The van der Waals surface area contributed by atoms with Gasteiger partial charge in [0.05, 0.1) is 5.56 Å². The Labute approximate surface area is 115 Å². The predicted molar refractivity (Wildman–Crippen MR) is 68.9 cm³/mol. The normalized spacial score (nSPS) is 11.4. The number of nitrogens with one attached hydrogen (secondary N) is 1. The Hall–Kier alpha value is -1.83. The van der Waals surface area contributed by atoms with E-state index in [2.05, 4.69) is 31.2 Å². The van der Waals surface area contributed by atoms with Gasteiger partial charge in [0.15, 0.2) is 0 Å². The Morgan fingerprint density at radius 2 is 1.74 bits per heavy atom. The zero-order valence-electron chi connectivity index (χ0n) is 9.37. The molecule has 0 aliphatic rings. The van der Waals surface area contributed by atoms with Crippen molar-refractivity contribution >= 4 is 33.4 Å². The van der Waals surface area contributed by atoms with Crippen molar-refractivity contribution in [3.63, 3.8) is 0 Å². The van der Waals surface area contributed by atoms with E-state index in [9.17, 15) is 13.2 Å². The van der Waals surface area contributed by atoms with Crippen molar-refractivity contribution in [1.29, 1.82) is 0 Å². The molecule has 0 spiro atoms. The second kappa shape index (κ2) is 5.04. The molecule has 2 aromatic rings. The largest absolute Gasteiger partial charge is 0.416 e. The van der Waals surface area contributed by atoms with Gasteiger partial charge >= 0.3 is 6.18 Å². The molecule has 19 heavy (non-hydrogen) atoms. The van der Waals surface area contributed by atoms with E-state index in [1.165, 1.54) is 18.2 Å². The monoisotopic (exact) mass is 332 g/mol. The van der Waals surface area contributed by atoms with Crippen LogP contribution in [0.4, 0.5) is 30.6 Å². The lowest BCUT2D eigenvalue weighted by Gasteiger charge is -2.09. The fourth-order valence-electron chi connectivity index (χ4n) is 1.36. The minimum atomic E-state index is -4.35. The van der Waals surface area contributed by atoms with Crippen molar-refractivity contribution < 1.29 is 13.2 Å². The summed E-state index contributed by atoms with van der Waals surface area (Å²) in [5.41, 5.74) is 5.24. The molecule has 3 N–H and O–H groups in total. The number of anilines is 3. The van der Waals surface area contributed by atoms with Gasteiger partial charge < -0.3 is 11.1 Å². The molecule has 0 saturated carbocycles. The van der Waals surface area contributed by atoms with Crippen molar-refractivity contribution in [3.8, 4) is 0 Å². The molecule has 0 aliphatic heterocycles. The number of hydrogen-bond acceptors (Lipinski definition) is 4. The molecule has 4 nitrogen and oxygen atoms in total. The lowest BCUT2D eigenvalue weighted by atomic mass is 10.2. The zero-order valence-corrected chi connectivity index (χ0v) is 11.0. The highest BCUT2D eigenvalue weighted by molar-refractivity contribution is 9.10. The molecule has 0 saturated heterocycles. The van der Waals surface area contributed by atoms with Gasteiger partial charge in [0.2, 0.25) is 5.95 Å². The maximum absolute atomic E-state index is 12.4. The van der Waals surface area contributed by atoms with Gasteiger partial charge in [-0.05, 0) is 40.2 Å². The van der Waals surface area contributed by atoms with Gasteiger partial charge in [-0.15, -0.1) is 0 Å². The molecule has 1 aromatic carbocycles. The number of nitrogens with zero attached hydrogens (tertiary/aromatic N) is 2. The van der Waals surface area contributed by atoms with Crippen LogP contribution >= 0.6 is 15.9 Å². The molecule has 0 radical (unpaired) electrons. The number of nitrogens with two attached hydrogens (primary N) is 1. The van der Waals surface area contributed by atoms with Gasteiger partial charge in [0.1, 0.15) is 10.4 Å². The number of aromatic nitrogens is 2. The molecule has 0 atom stereocenters. The van der Waals surface area contributed by atoms with Crippen LogP contribution in [0.5, 0.6) is 0 Å². The van der Waals surface area contributed by atoms with Crippen LogP contribution in [0.25, 0.3) is 0 Å². The summed E-state index contributed by atoms with van der Waals surface area (Å²) in [5.74, 6) is 0.447. The smallest absolute Gasteiger partial charge is 0.383 e. The third-order valence-corrected chi connectivity index (χ3v) is 2.59. The van der Waals surface area contributed by atoms with Crippen LogP contribution in [-0.2, 0) is 6.18 Å². The standard InChI is InChI=1S/C11H8BrF3N4/c12-8-5-9(16)19-10(18-8)17-7-3-1-6(2-4-7)11(13,14)15/h1-5H,(H3,16,17,18,19). The fourth-order valence-corrected chi connectivity index (χ4v) is 1.77. The molecule has 0 bridgehead atoms. The Balaban J connectivity index is 2.20. The summed E-state index contributed by atoms with van der Waals surface area (Å²) in [5, 5.41) is 2.76. The molecule has 0 unspecified atom stereocenters. The maximum Gasteiger partial charge on any atom is 0.416 e. The topological polar surface area (TPSA) is 63.8 Å². The molecule has 0 fully saturated rings. The van der Waals surface area contributed by atoms with Crippen molar-refractivity contribution in [3.05, 3.63) is 40.5 Å². The number of halogens is 4. The molecular formula is C11H8BrF3N4. The second-order valence-corrected chi connectivity index (χ2v) is 4.45. The second-order valence-electron chi connectivity index (χ2n) is 3.64. The molecule has 2 rings (SSSR count). The van der Waals surface area contributed by atoms with Gasteiger partial charge in [-0.2, -0.15) is 18.2 Å². The van der Waals surface area contributed by atoms with Gasteiger partial charge in [-0.3, -0.25) is 0 Å². The summed E-state index contributed by atoms with van der Waals surface area (Å²) in [6.45, 7) is 0. The van der Waals surface area contributed by atoms with Gasteiger partial charge in [-0.1, -0.05) is 0 Å². The minimum absolute atomic E-state index is 0.201. The van der Waals surface area contributed by atoms with Crippen molar-refractivity contribution in [2.24, 2.45) is 0 Å². The summed E-state index contributed by atoms with van der Waals surface area (Å²) < 4.78 is 37.6. The summed E-state index contributed by atoms with van der Waals surface area (Å²) >= 11 is 3.14. The third-order valence-electron chi connectivity index (χ3n) is 2.18. The number of nitrogen functional groups attached to an aromatic ring is 1. The summed E-state index contributed by atoms with van der Waals surface area (Å²) in [6.07, 6.45) is -4.35. The van der Waals surface area contributed by atoms with Gasteiger partial charge in [0, 0.05) is 11.8 Å². The van der Waals surface area contributed by atoms with Crippen LogP contribution < -0.4 is 11.1 Å². The molecule has 1 aromatic heterocycles. The Morgan fingerprint density at radius 1 is 1.11 bits per heavy atom. The Kier molecular flexibility index (Phi) is 3.61. The molecule has 0 amide bonds. The first-order valence-electron chi connectivity index (χ1n) is 5.09. The lowest BCUT2D eigenvalue weighted by Crippen LogP contribution is -2.05. The summed E-state index contributed by atoms with van der Waals surface area (Å²) in [7, 11) is 0. The third kappa shape index (κ3) is 3.57. The zero-order chi connectivity index (χ0) is 14.0. The number of alkyl halides is 3. The van der Waals surface area contributed by atoms with E-state index < -0.39 is 11.7 Å². The molecule has 8 heteroatoms. The maximum atomic E-state index is 12.4. The van der Waals surface area contributed by atoms with Crippen LogP contribution in [0.2, 0.25) is 0 Å². The average Bonchev–Trinajstić information content (AvgIpc) is 2.26. The van der Waals surface area contributed by atoms with E-state index in [1.54, 1.807) is 0 Å². The Morgan fingerprint density at radius 3 is 2.26 bits per heavy atom. The van der Waals surface area contributed by atoms with E-state index in [0.717, 1.165) is 12.1 Å². The highest BCUT2D eigenvalue weighted by Crippen LogP contribution is 2.30. The van der Waals surface area contributed by atoms with Crippen molar-refractivity contribution in [1.82, 2.24) is 9.97 Å². The first kappa shape index (κ1) is 13.6. The minimum Gasteiger partial charge on any atom is -0.383 e. The van der Waals surface area contributed by atoms with Gasteiger partial charge in [0.25, 0.3) is 0 Å². The highest BCUT2D eigenvalue weighted by Gasteiger charge is 2.29. The fraction of sp³-hybridized carbons (Fsp3) is 0.0909. The first-order valence-corrected chi connectivity index (χ1v) is 5.88. The van der Waals surface area contributed by atoms with Crippen molar-refractivity contribution in [2.75, 3.05) is 11.1 Å². The van der Waals surface area contributed by atoms with E-state index in [4.69, 9.17) is 5.73 Å². The predicted octanol–water partition coefficient (Wildman–Crippen LogP) is 3.58. The lowest BCUT2D eigenvalue weighted by molar-refractivity contribution is -0.137. The molecule has 1 heterocycles. The van der Waals surface area contributed by atoms with E-state index in [-0.39, 0.29) is 11.8 Å². The molecule has 100 valence electrons. The van der Waals surface area contributed by atoms with Crippen LogP contribution in [0.1, 0.15) is 5.56 Å². The number of rotatable bonds is 2. The highest BCUT2D eigenvalue weighted by atomic mass is 79.9. The van der Waals surface area contributed by atoms with Crippen LogP contribution in [0, 0.1) is 0 Å². The first-order chi connectivity index (χ1) is 8.84.